The van der Waals surface area contributed by atoms with Gasteiger partial charge in [0.25, 0.3) is 5.91 Å². The lowest BCUT2D eigenvalue weighted by molar-refractivity contribution is -0.142. The van der Waals surface area contributed by atoms with E-state index in [0.717, 1.165) is 9.18 Å². The Balaban J connectivity index is 1.91. The first-order valence-electron chi connectivity index (χ1n) is 7.50. The Labute approximate surface area is 156 Å². The molecule has 0 spiro atoms. The van der Waals surface area contributed by atoms with Gasteiger partial charge in [-0.1, -0.05) is 12.1 Å². The highest BCUT2D eigenvalue weighted by Gasteiger charge is 2.17. The molecule has 9 heteroatoms. The van der Waals surface area contributed by atoms with Gasteiger partial charge in [0.2, 0.25) is 10.0 Å². The molecule has 0 aliphatic carbocycles. The molecule has 1 aromatic heterocycles. The molecule has 1 amide bonds. The molecule has 0 atom stereocenters. The number of rotatable bonds is 7. The van der Waals surface area contributed by atoms with E-state index in [1.54, 1.807) is 12.1 Å². The number of amides is 1. The Bertz CT molecular complexity index is 903. The Morgan fingerprint density at radius 2 is 2.00 bits per heavy atom. The molecule has 0 bridgehead atoms. The lowest BCUT2D eigenvalue weighted by Gasteiger charge is -2.12. The van der Waals surface area contributed by atoms with Crippen LogP contribution in [0.3, 0.4) is 0 Å². The topological polar surface area (TPSA) is 92.8 Å². The smallest absolute Gasteiger partial charge is 0.331 e. The van der Waals surface area contributed by atoms with E-state index in [2.05, 4.69) is 5.32 Å². The molecular weight excluding hydrogens is 376 g/mol. The summed E-state index contributed by atoms with van der Waals surface area (Å²) in [5.74, 6) is -1.21. The van der Waals surface area contributed by atoms with Gasteiger partial charge in [-0.3, -0.25) is 4.79 Å². The number of thiophene rings is 1. The number of hydrogen-bond acceptors (Lipinski definition) is 6. The number of carbonyl (C=O) groups is 2. The maximum atomic E-state index is 12.1. The van der Waals surface area contributed by atoms with E-state index in [0.29, 0.717) is 5.69 Å². The zero-order valence-electron chi connectivity index (χ0n) is 14.2. The van der Waals surface area contributed by atoms with Crippen LogP contribution in [0.5, 0.6) is 0 Å². The van der Waals surface area contributed by atoms with Gasteiger partial charge in [-0.05, 0) is 35.7 Å². The van der Waals surface area contributed by atoms with Crippen molar-refractivity contribution in [1.82, 2.24) is 4.31 Å². The van der Waals surface area contributed by atoms with Crippen molar-refractivity contribution in [2.24, 2.45) is 0 Å². The highest BCUT2D eigenvalue weighted by Crippen LogP contribution is 2.18. The maximum Gasteiger partial charge on any atom is 0.331 e. The molecule has 0 saturated carbocycles. The third-order valence-electron chi connectivity index (χ3n) is 3.17. The molecular formula is C17H18N2O5S2. The summed E-state index contributed by atoms with van der Waals surface area (Å²) in [5.41, 5.74) is 0.295. The number of nitrogens with one attached hydrogen (secondary N) is 1. The second-order valence-corrected chi connectivity index (χ2v) is 8.45. The summed E-state index contributed by atoms with van der Waals surface area (Å²) in [6.07, 6.45) is 2.84. The van der Waals surface area contributed by atoms with Gasteiger partial charge in [0, 0.05) is 30.7 Å². The number of nitrogens with zero attached hydrogens (tertiary/aromatic N) is 1. The van der Waals surface area contributed by atoms with Crippen LogP contribution in [0.1, 0.15) is 4.88 Å². The number of esters is 1. The number of carbonyl (C=O) groups excluding carboxylic acids is 2. The summed E-state index contributed by atoms with van der Waals surface area (Å²) in [5, 5.41) is 4.38. The molecule has 0 saturated heterocycles. The summed E-state index contributed by atoms with van der Waals surface area (Å²) in [6, 6.07) is 9.53. The molecule has 1 aromatic carbocycles. The average molecular weight is 394 g/mol. The summed E-state index contributed by atoms with van der Waals surface area (Å²) in [6.45, 7) is -0.474. The molecule has 0 fully saturated rings. The number of sulfonamides is 1. The quantitative estimate of drug-likeness (QED) is 0.574. The predicted octanol–water partition coefficient (Wildman–Crippen LogP) is 2.19. The molecule has 2 aromatic rings. The number of benzene rings is 1. The van der Waals surface area contributed by atoms with Crippen molar-refractivity contribution in [3.63, 3.8) is 0 Å². The van der Waals surface area contributed by atoms with Crippen molar-refractivity contribution in [3.8, 4) is 0 Å². The van der Waals surface area contributed by atoms with Crippen LogP contribution in [-0.4, -0.2) is 45.3 Å². The van der Waals surface area contributed by atoms with Crippen LogP contribution in [0.4, 0.5) is 5.69 Å². The van der Waals surface area contributed by atoms with Gasteiger partial charge in [-0.15, -0.1) is 11.3 Å². The van der Waals surface area contributed by atoms with Gasteiger partial charge in [0.05, 0.1) is 4.90 Å². The van der Waals surface area contributed by atoms with Crippen LogP contribution in [0.2, 0.25) is 0 Å². The largest absolute Gasteiger partial charge is 0.452 e. The van der Waals surface area contributed by atoms with E-state index in [9.17, 15) is 18.0 Å². The average Bonchev–Trinajstić information content (AvgIpc) is 3.12. The van der Waals surface area contributed by atoms with Crippen LogP contribution >= 0.6 is 11.3 Å². The molecule has 0 aliphatic rings. The fourth-order valence-electron chi connectivity index (χ4n) is 1.86. The monoisotopic (exact) mass is 394 g/mol. The Morgan fingerprint density at radius 1 is 1.23 bits per heavy atom. The third kappa shape index (κ3) is 5.51. The molecule has 7 nitrogen and oxygen atoms in total. The first-order valence-corrected chi connectivity index (χ1v) is 9.82. The lowest BCUT2D eigenvalue weighted by atomic mass is 10.3. The minimum absolute atomic E-state index is 0.0520. The van der Waals surface area contributed by atoms with Gasteiger partial charge in [-0.25, -0.2) is 17.5 Å². The van der Waals surface area contributed by atoms with E-state index in [-0.39, 0.29) is 4.90 Å². The number of hydrogen-bond donors (Lipinski definition) is 1. The highest BCUT2D eigenvalue weighted by atomic mass is 32.2. The van der Waals surface area contributed by atoms with Gasteiger partial charge in [-0.2, -0.15) is 0 Å². The van der Waals surface area contributed by atoms with E-state index in [1.165, 1.54) is 49.7 Å². The number of ether oxygens (including phenoxy) is 1. The van der Waals surface area contributed by atoms with E-state index in [1.807, 2.05) is 17.5 Å². The fraction of sp³-hybridized carbons (Fsp3) is 0.176. The predicted molar refractivity (Wildman–Crippen MR) is 100 cm³/mol. The SMILES string of the molecule is CN(C)S(=O)(=O)c1cccc(NC(=O)COC(=O)C=Cc2cccs2)c1. The van der Waals surface area contributed by atoms with Crippen molar-refractivity contribution in [2.45, 2.75) is 4.90 Å². The van der Waals surface area contributed by atoms with Crippen LogP contribution < -0.4 is 5.32 Å². The summed E-state index contributed by atoms with van der Waals surface area (Å²) < 4.78 is 30.1. The van der Waals surface area contributed by atoms with Crippen molar-refractivity contribution < 1.29 is 22.7 Å². The van der Waals surface area contributed by atoms with Crippen LogP contribution in [-0.2, 0) is 24.3 Å². The molecule has 0 unspecified atom stereocenters. The van der Waals surface area contributed by atoms with E-state index in [4.69, 9.17) is 4.74 Å². The molecule has 2 rings (SSSR count). The first-order chi connectivity index (χ1) is 12.3. The van der Waals surface area contributed by atoms with Crippen molar-refractivity contribution in [3.05, 3.63) is 52.7 Å². The van der Waals surface area contributed by atoms with Gasteiger partial charge in [0.1, 0.15) is 0 Å². The maximum absolute atomic E-state index is 12.1. The Hall–Kier alpha value is -2.49. The molecule has 1 heterocycles. The van der Waals surface area contributed by atoms with Gasteiger partial charge in [0.15, 0.2) is 6.61 Å². The Kier molecular flexibility index (Phi) is 6.67. The van der Waals surface area contributed by atoms with Crippen molar-refractivity contribution in [1.29, 1.82) is 0 Å². The highest BCUT2D eigenvalue weighted by molar-refractivity contribution is 7.89. The first kappa shape index (κ1) is 19.8. The summed E-state index contributed by atoms with van der Waals surface area (Å²) in [7, 11) is -0.761. The van der Waals surface area contributed by atoms with Crippen LogP contribution in [0.25, 0.3) is 6.08 Å². The molecule has 1 N–H and O–H groups in total. The fourth-order valence-corrected chi connectivity index (χ4v) is 3.43. The Morgan fingerprint density at radius 3 is 2.65 bits per heavy atom. The normalized spacial score (nSPS) is 11.7. The zero-order chi connectivity index (χ0) is 19.2. The lowest BCUT2D eigenvalue weighted by Crippen LogP contribution is -2.23. The van der Waals surface area contributed by atoms with Crippen molar-refractivity contribution in [2.75, 3.05) is 26.0 Å². The molecule has 0 radical (unpaired) electrons. The second-order valence-electron chi connectivity index (χ2n) is 5.32. The minimum atomic E-state index is -3.60. The van der Waals surface area contributed by atoms with E-state index < -0.39 is 28.5 Å². The summed E-state index contributed by atoms with van der Waals surface area (Å²) >= 11 is 1.47. The molecule has 26 heavy (non-hydrogen) atoms. The molecule has 0 aliphatic heterocycles. The second kappa shape index (κ2) is 8.75. The van der Waals surface area contributed by atoms with Gasteiger partial charge >= 0.3 is 5.97 Å². The van der Waals surface area contributed by atoms with Crippen LogP contribution in [0.15, 0.2) is 52.7 Å². The summed E-state index contributed by atoms with van der Waals surface area (Å²) in [4.78, 5) is 24.4. The van der Waals surface area contributed by atoms with Crippen molar-refractivity contribution >= 4 is 45.0 Å². The number of anilines is 1. The van der Waals surface area contributed by atoms with Gasteiger partial charge < -0.3 is 10.1 Å². The third-order valence-corrected chi connectivity index (χ3v) is 5.82. The minimum Gasteiger partial charge on any atom is -0.452 e. The zero-order valence-corrected chi connectivity index (χ0v) is 15.8. The standard InChI is InChI=1S/C17H18N2O5S2/c1-19(2)26(22,23)15-7-3-5-13(11-15)18-16(20)12-24-17(21)9-8-14-6-4-10-25-14/h3-11H,12H2,1-2H3,(H,18,20). The molecule has 138 valence electrons. The van der Waals surface area contributed by atoms with E-state index >= 15 is 0 Å². The van der Waals surface area contributed by atoms with Crippen LogP contribution in [0, 0.1) is 0 Å².